The third-order valence-corrected chi connectivity index (χ3v) is 3.32. The molecule has 6 nitrogen and oxygen atoms in total. The second-order valence-electron chi connectivity index (χ2n) is 3.57. The molecule has 0 aliphatic heterocycles. The molecular formula is C8H15NO5S. The maximum Gasteiger partial charge on any atom is 0.304 e. The number of hydrogen-bond donors (Lipinski definition) is 2. The van der Waals surface area contributed by atoms with Crippen LogP contribution in [0.1, 0.15) is 32.1 Å². The fourth-order valence-electron chi connectivity index (χ4n) is 1.41. The molecule has 0 heterocycles. The fraction of sp³-hybridized carbons (Fsp3) is 0.875. The molecule has 2 N–H and O–H groups in total. The van der Waals surface area contributed by atoms with Crippen molar-refractivity contribution in [3.05, 3.63) is 0 Å². The van der Waals surface area contributed by atoms with Crippen molar-refractivity contribution in [2.24, 2.45) is 0 Å². The van der Waals surface area contributed by atoms with Crippen LogP contribution in [-0.2, 0) is 19.7 Å². The van der Waals surface area contributed by atoms with Crippen LogP contribution in [0.5, 0.6) is 0 Å². The lowest BCUT2D eigenvalue weighted by molar-refractivity contribution is -0.136. The number of nitrogens with one attached hydrogen (secondary N) is 1. The molecule has 88 valence electrons. The third kappa shape index (κ3) is 5.10. The Balaban J connectivity index is 2.26. The van der Waals surface area contributed by atoms with E-state index in [4.69, 9.17) is 9.94 Å². The molecule has 0 aromatic rings. The summed E-state index contributed by atoms with van der Waals surface area (Å²) in [5.74, 6) is -1.59. The number of carbonyl (C=O) groups is 1. The Bertz CT molecular complexity index is 307. The first kappa shape index (κ1) is 12.4. The van der Waals surface area contributed by atoms with Crippen LogP contribution in [0.3, 0.4) is 0 Å². The first-order chi connectivity index (χ1) is 6.99. The smallest absolute Gasteiger partial charge is 0.304 e. The van der Waals surface area contributed by atoms with Crippen molar-refractivity contribution in [3.63, 3.8) is 0 Å². The van der Waals surface area contributed by atoms with E-state index in [9.17, 15) is 13.2 Å². The molecule has 1 aliphatic carbocycles. The van der Waals surface area contributed by atoms with E-state index in [1.54, 1.807) is 0 Å². The highest BCUT2D eigenvalue weighted by Gasteiger charge is 2.19. The van der Waals surface area contributed by atoms with Crippen LogP contribution in [0.15, 0.2) is 0 Å². The molecule has 15 heavy (non-hydrogen) atoms. The van der Waals surface area contributed by atoms with Crippen molar-refractivity contribution < 1.29 is 23.2 Å². The van der Waals surface area contributed by atoms with Gasteiger partial charge in [-0.2, -0.15) is 0 Å². The van der Waals surface area contributed by atoms with Gasteiger partial charge in [-0.3, -0.25) is 9.63 Å². The average Bonchev–Trinajstić information content (AvgIpc) is 2.65. The van der Waals surface area contributed by atoms with Crippen LogP contribution in [-0.4, -0.2) is 31.4 Å². The van der Waals surface area contributed by atoms with Gasteiger partial charge in [0.05, 0.1) is 18.3 Å². The zero-order chi connectivity index (χ0) is 11.3. The minimum absolute atomic E-state index is 0.0652. The van der Waals surface area contributed by atoms with Crippen LogP contribution in [0.25, 0.3) is 0 Å². The molecule has 1 fully saturated rings. The molecule has 0 unspecified atom stereocenters. The summed E-state index contributed by atoms with van der Waals surface area (Å²) in [6.07, 6.45) is 3.31. The zero-order valence-corrected chi connectivity index (χ0v) is 9.12. The summed E-state index contributed by atoms with van der Waals surface area (Å²) in [6.45, 7) is 0. The van der Waals surface area contributed by atoms with Gasteiger partial charge in [-0.05, 0) is 12.8 Å². The lowest BCUT2D eigenvalue weighted by Gasteiger charge is -2.11. The number of carboxylic acid groups (broad SMARTS) is 1. The van der Waals surface area contributed by atoms with Gasteiger partial charge in [0.25, 0.3) is 0 Å². The Morgan fingerprint density at radius 3 is 2.53 bits per heavy atom. The largest absolute Gasteiger partial charge is 0.481 e. The number of sulfonamides is 1. The van der Waals surface area contributed by atoms with E-state index in [1.165, 1.54) is 0 Å². The molecule has 1 rings (SSSR count). The van der Waals surface area contributed by atoms with Crippen molar-refractivity contribution in [3.8, 4) is 0 Å². The highest BCUT2D eigenvalue weighted by molar-refractivity contribution is 7.89. The number of hydrogen-bond acceptors (Lipinski definition) is 4. The number of aliphatic carboxylic acids is 1. The van der Waals surface area contributed by atoms with Crippen molar-refractivity contribution in [2.45, 2.75) is 38.2 Å². The van der Waals surface area contributed by atoms with E-state index in [0.29, 0.717) is 0 Å². The molecule has 0 aromatic carbocycles. The van der Waals surface area contributed by atoms with Crippen molar-refractivity contribution in [1.82, 2.24) is 4.89 Å². The summed E-state index contributed by atoms with van der Waals surface area (Å²) in [6, 6.07) is 0. The van der Waals surface area contributed by atoms with Crippen LogP contribution in [0.2, 0.25) is 0 Å². The van der Waals surface area contributed by atoms with Gasteiger partial charge in [0.15, 0.2) is 0 Å². The first-order valence-corrected chi connectivity index (χ1v) is 6.52. The molecule has 0 amide bonds. The highest BCUT2D eigenvalue weighted by Crippen LogP contribution is 2.20. The molecule has 1 saturated carbocycles. The standard InChI is InChI=1S/C8H15NO5S/c10-8(11)5-6-15(12,13)9-14-7-3-1-2-4-7/h7,9H,1-6H2,(H,10,11). The number of carboxylic acids is 1. The van der Waals surface area contributed by atoms with Gasteiger partial charge in [0, 0.05) is 0 Å². The van der Waals surface area contributed by atoms with E-state index in [2.05, 4.69) is 0 Å². The summed E-state index contributed by atoms with van der Waals surface area (Å²) in [7, 11) is -3.62. The quantitative estimate of drug-likeness (QED) is 0.646. The van der Waals surface area contributed by atoms with Crippen LogP contribution >= 0.6 is 0 Å². The van der Waals surface area contributed by atoms with Gasteiger partial charge >= 0.3 is 5.97 Å². The Morgan fingerprint density at radius 2 is 2.00 bits per heavy atom. The normalized spacial score (nSPS) is 18.1. The van der Waals surface area contributed by atoms with Gasteiger partial charge in [0.1, 0.15) is 0 Å². The highest BCUT2D eigenvalue weighted by atomic mass is 32.2. The minimum atomic E-state index is -3.62. The van der Waals surface area contributed by atoms with Gasteiger partial charge in [-0.25, -0.2) is 8.42 Å². The van der Waals surface area contributed by atoms with Gasteiger partial charge in [0.2, 0.25) is 10.0 Å². The Hall–Kier alpha value is -0.660. The first-order valence-electron chi connectivity index (χ1n) is 4.86. The predicted molar refractivity (Wildman–Crippen MR) is 52.5 cm³/mol. The Morgan fingerprint density at radius 1 is 1.40 bits per heavy atom. The maximum absolute atomic E-state index is 11.2. The van der Waals surface area contributed by atoms with E-state index in [1.807, 2.05) is 4.89 Å². The lowest BCUT2D eigenvalue weighted by Crippen LogP contribution is -2.31. The molecule has 0 saturated heterocycles. The molecule has 0 aromatic heterocycles. The van der Waals surface area contributed by atoms with Crippen molar-refractivity contribution in [2.75, 3.05) is 5.75 Å². The molecule has 0 spiro atoms. The fourth-order valence-corrected chi connectivity index (χ4v) is 2.22. The average molecular weight is 237 g/mol. The SMILES string of the molecule is O=C(O)CCS(=O)(=O)NOC1CCCC1. The van der Waals surface area contributed by atoms with E-state index in [-0.39, 0.29) is 6.10 Å². The van der Waals surface area contributed by atoms with Gasteiger partial charge < -0.3 is 5.11 Å². The predicted octanol–water partition coefficient (Wildman–Crippen LogP) is 0.255. The summed E-state index contributed by atoms with van der Waals surface area (Å²) in [5, 5.41) is 8.32. The summed E-state index contributed by atoms with van der Waals surface area (Å²) in [4.78, 5) is 17.1. The maximum atomic E-state index is 11.2. The summed E-state index contributed by atoms with van der Waals surface area (Å²) < 4.78 is 22.4. The lowest BCUT2D eigenvalue weighted by atomic mass is 10.3. The second kappa shape index (κ2) is 5.43. The topological polar surface area (TPSA) is 92.7 Å². The third-order valence-electron chi connectivity index (χ3n) is 2.23. The van der Waals surface area contributed by atoms with Crippen LogP contribution < -0.4 is 4.89 Å². The Labute approximate surface area is 88.6 Å². The van der Waals surface area contributed by atoms with E-state index < -0.39 is 28.2 Å². The van der Waals surface area contributed by atoms with Crippen LogP contribution in [0.4, 0.5) is 0 Å². The minimum Gasteiger partial charge on any atom is -0.481 e. The molecular weight excluding hydrogens is 222 g/mol. The second-order valence-corrected chi connectivity index (χ2v) is 5.37. The van der Waals surface area contributed by atoms with E-state index >= 15 is 0 Å². The Kier molecular flexibility index (Phi) is 4.49. The molecule has 0 radical (unpaired) electrons. The molecule has 7 heteroatoms. The molecule has 0 bridgehead atoms. The van der Waals surface area contributed by atoms with Crippen LogP contribution in [0, 0.1) is 0 Å². The zero-order valence-electron chi connectivity index (χ0n) is 8.31. The van der Waals surface area contributed by atoms with Gasteiger partial charge in [-0.1, -0.05) is 17.7 Å². The molecule has 1 aliphatic rings. The van der Waals surface area contributed by atoms with E-state index in [0.717, 1.165) is 25.7 Å². The monoisotopic (exact) mass is 237 g/mol. The summed E-state index contributed by atoms with van der Waals surface area (Å²) in [5.41, 5.74) is 0. The van der Waals surface area contributed by atoms with Crippen molar-refractivity contribution >= 4 is 16.0 Å². The van der Waals surface area contributed by atoms with Gasteiger partial charge in [-0.15, -0.1) is 0 Å². The molecule has 0 atom stereocenters. The summed E-state index contributed by atoms with van der Waals surface area (Å²) >= 11 is 0. The number of rotatable bonds is 6. The van der Waals surface area contributed by atoms with Crippen molar-refractivity contribution in [1.29, 1.82) is 0 Å².